The van der Waals surface area contributed by atoms with Crippen LogP contribution in [0.5, 0.6) is 0 Å². The number of carbonyl (C=O) groups excluding carboxylic acids is 2. The van der Waals surface area contributed by atoms with Gasteiger partial charge in [0.05, 0.1) is 42.6 Å². The quantitative estimate of drug-likeness (QED) is 0.0625. The van der Waals surface area contributed by atoms with Crippen molar-refractivity contribution in [3.63, 3.8) is 0 Å². The molecular formula is C39H51F3N5O9PS. The molecule has 3 heterocycles. The molecule has 0 unspecified atom stereocenters. The Kier molecular flexibility index (Phi) is 14.4. The zero-order valence-electron chi connectivity index (χ0n) is 34.2. The molecule has 0 spiro atoms. The van der Waals surface area contributed by atoms with Crippen molar-refractivity contribution < 1.29 is 50.7 Å². The Morgan fingerprint density at radius 2 is 1.64 bits per heavy atom. The Balaban J connectivity index is 1.76. The molecule has 0 bridgehead atoms. The maximum atomic E-state index is 14.2. The lowest BCUT2D eigenvalue weighted by atomic mass is 9.86. The van der Waals surface area contributed by atoms with E-state index in [4.69, 9.17) is 18.3 Å². The predicted octanol–water partition coefficient (Wildman–Crippen LogP) is 9.23. The van der Waals surface area contributed by atoms with Gasteiger partial charge in [-0.05, 0) is 77.6 Å². The molecule has 2 amide bonds. The highest BCUT2D eigenvalue weighted by Gasteiger charge is 2.37. The van der Waals surface area contributed by atoms with Crippen LogP contribution in [0.15, 0.2) is 46.8 Å². The van der Waals surface area contributed by atoms with Crippen molar-refractivity contribution in [3.05, 3.63) is 63.5 Å². The summed E-state index contributed by atoms with van der Waals surface area (Å²) in [5, 5.41) is 16.6. The molecule has 0 radical (unpaired) electrons. The van der Waals surface area contributed by atoms with Gasteiger partial charge in [0.2, 0.25) is 5.43 Å². The van der Waals surface area contributed by atoms with E-state index in [1.54, 1.807) is 65.2 Å². The van der Waals surface area contributed by atoms with Gasteiger partial charge in [-0.25, -0.2) is 24.1 Å². The van der Waals surface area contributed by atoms with Gasteiger partial charge in [0.1, 0.15) is 16.4 Å². The number of thiazole rings is 1. The van der Waals surface area contributed by atoms with Gasteiger partial charge in [0, 0.05) is 47.3 Å². The second kappa shape index (κ2) is 18.0. The minimum absolute atomic E-state index is 0.0261. The molecule has 14 nitrogen and oxygen atoms in total. The summed E-state index contributed by atoms with van der Waals surface area (Å²) in [6, 6.07) is 4.90. The molecule has 1 atom stereocenters. The number of ether oxygens (including phenoxy) is 1. The fourth-order valence-corrected chi connectivity index (χ4v) is 8.40. The molecule has 318 valence electrons. The summed E-state index contributed by atoms with van der Waals surface area (Å²) in [7, 11) is -4.03. The molecule has 3 N–H and O–H groups in total. The van der Waals surface area contributed by atoms with Gasteiger partial charge in [-0.3, -0.25) is 23.7 Å². The highest BCUT2D eigenvalue weighted by molar-refractivity contribution is 7.48. The van der Waals surface area contributed by atoms with E-state index in [0.717, 1.165) is 16.7 Å². The number of aromatic nitrogens is 3. The van der Waals surface area contributed by atoms with E-state index in [2.05, 4.69) is 20.6 Å². The molecule has 0 fully saturated rings. The number of carbonyl (C=O) groups is 2. The first-order chi connectivity index (χ1) is 26.7. The molecule has 58 heavy (non-hydrogen) atoms. The van der Waals surface area contributed by atoms with Gasteiger partial charge in [0.25, 0.3) is 0 Å². The molecule has 0 aliphatic rings. The third-order valence-electron chi connectivity index (χ3n) is 8.12. The summed E-state index contributed by atoms with van der Waals surface area (Å²) in [6.45, 7) is 17.1. The normalized spacial score (nSPS) is 13.4. The topological polar surface area (TPSA) is 180 Å². The second-order valence-electron chi connectivity index (χ2n) is 16.4. The Morgan fingerprint density at radius 1 is 0.983 bits per heavy atom. The van der Waals surface area contributed by atoms with Gasteiger partial charge in [0.15, 0.2) is 5.69 Å². The van der Waals surface area contributed by atoms with Crippen LogP contribution in [0.2, 0.25) is 0 Å². The highest BCUT2D eigenvalue weighted by Crippen LogP contribution is 2.55. The number of nitrogens with one attached hydrogen (secondary N) is 2. The SMILES string of the molecule is CCNC(=O)Nc1cc(-c2nc(C(F)(F)F)cs2)c(-c2ccc3c(c2)c(=O)c(C(=O)OCCCOP(=O)(OC(C)(C)C)OC(C)(C)C)cn3[C@H](CO)C(C)(C)C)cn1. The van der Waals surface area contributed by atoms with Crippen LogP contribution < -0.4 is 16.1 Å². The molecule has 0 aliphatic carbocycles. The Hall–Kier alpha value is -4.19. The number of esters is 1. The number of phosphoric acid groups is 1. The Bertz CT molecular complexity index is 2200. The van der Waals surface area contributed by atoms with Gasteiger partial charge >= 0.3 is 26.0 Å². The number of halogens is 3. The summed E-state index contributed by atoms with van der Waals surface area (Å²) in [5.74, 6) is -0.934. The summed E-state index contributed by atoms with van der Waals surface area (Å²) in [4.78, 5) is 48.2. The van der Waals surface area contributed by atoms with Gasteiger partial charge < -0.3 is 19.7 Å². The fraction of sp³-hybridized carbons (Fsp3) is 0.513. The van der Waals surface area contributed by atoms with Crippen molar-refractivity contribution in [2.24, 2.45) is 5.41 Å². The molecule has 19 heteroatoms. The largest absolute Gasteiger partial charge is 0.475 e. The molecule has 1 aromatic carbocycles. The zero-order valence-corrected chi connectivity index (χ0v) is 35.9. The monoisotopic (exact) mass is 853 g/mol. The number of anilines is 1. The van der Waals surface area contributed by atoms with Crippen molar-refractivity contribution in [2.75, 3.05) is 31.7 Å². The van der Waals surface area contributed by atoms with Crippen molar-refractivity contribution in [1.82, 2.24) is 19.9 Å². The number of amides is 2. The van der Waals surface area contributed by atoms with Crippen LogP contribution >= 0.6 is 19.2 Å². The molecule has 0 aliphatic heterocycles. The maximum Gasteiger partial charge on any atom is 0.475 e. The van der Waals surface area contributed by atoms with E-state index in [0.29, 0.717) is 17.6 Å². The lowest BCUT2D eigenvalue weighted by Crippen LogP contribution is -2.31. The maximum absolute atomic E-state index is 14.2. The minimum atomic E-state index is -4.71. The minimum Gasteiger partial charge on any atom is -0.462 e. The number of fused-ring (bicyclic) bond motifs is 1. The van der Waals surface area contributed by atoms with Crippen molar-refractivity contribution in [1.29, 1.82) is 0 Å². The third kappa shape index (κ3) is 12.2. The number of nitrogens with zero attached hydrogens (tertiary/aromatic N) is 3. The zero-order chi connectivity index (χ0) is 43.4. The van der Waals surface area contributed by atoms with E-state index >= 15 is 0 Å². The standard InChI is InChI=1S/C39H51F3N5O9PS/c1-11-43-35(51)46-31-18-24(33-45-29(22-58-33)39(40,41)42)26(19-44-31)23-13-14-28-25(17-23)32(49)27(20-47(28)30(21-48)36(2,3)4)34(50)53-15-12-16-54-57(52,55-37(5,6)7)56-38(8,9)10/h13-14,17-20,22,30,48H,11-12,15-16,21H2,1-10H3,(H2,43,44,46,51)/t30-/m1/s1. The summed E-state index contributed by atoms with van der Waals surface area (Å²) in [5.41, 5.74) is -3.28. The average molecular weight is 854 g/mol. The van der Waals surface area contributed by atoms with Crippen LogP contribution in [-0.4, -0.2) is 69.2 Å². The van der Waals surface area contributed by atoms with E-state index in [9.17, 15) is 37.2 Å². The number of aliphatic hydroxyl groups excluding tert-OH is 1. The first kappa shape index (κ1) is 46.5. The average Bonchev–Trinajstić information content (AvgIpc) is 3.58. The van der Waals surface area contributed by atoms with Crippen LogP contribution in [0.3, 0.4) is 0 Å². The van der Waals surface area contributed by atoms with Crippen LogP contribution in [0.1, 0.15) is 97.8 Å². The number of rotatable bonds is 14. The molecular weight excluding hydrogens is 802 g/mol. The number of pyridine rings is 2. The van der Waals surface area contributed by atoms with E-state index in [1.807, 2.05) is 20.8 Å². The van der Waals surface area contributed by atoms with Gasteiger partial charge in [-0.15, -0.1) is 11.3 Å². The van der Waals surface area contributed by atoms with Crippen molar-refractivity contribution in [3.8, 4) is 21.7 Å². The molecule has 3 aromatic heterocycles. The summed E-state index contributed by atoms with van der Waals surface area (Å²) < 4.78 is 78.2. The number of benzene rings is 1. The number of hydrogen-bond donors (Lipinski definition) is 3. The fourth-order valence-electron chi connectivity index (χ4n) is 5.70. The molecule has 4 rings (SSSR count). The molecule has 4 aromatic rings. The molecule has 0 saturated carbocycles. The van der Waals surface area contributed by atoms with Gasteiger partial charge in [-0.2, -0.15) is 13.2 Å². The Labute approximate surface area is 339 Å². The van der Waals surface area contributed by atoms with Crippen molar-refractivity contribution >= 4 is 47.9 Å². The first-order valence-corrected chi connectivity index (χ1v) is 20.8. The lowest BCUT2D eigenvalue weighted by Gasteiger charge is -2.33. The van der Waals surface area contributed by atoms with E-state index in [1.165, 1.54) is 24.5 Å². The Morgan fingerprint density at radius 3 is 2.19 bits per heavy atom. The summed E-state index contributed by atoms with van der Waals surface area (Å²) >= 11 is 0.738. The third-order valence-corrected chi connectivity index (χ3v) is 11.0. The number of hydrogen-bond acceptors (Lipinski definition) is 12. The predicted molar refractivity (Wildman–Crippen MR) is 216 cm³/mol. The van der Waals surface area contributed by atoms with Crippen LogP contribution in [0.4, 0.5) is 23.8 Å². The number of urea groups is 1. The van der Waals surface area contributed by atoms with E-state index in [-0.39, 0.29) is 59.1 Å². The smallest absolute Gasteiger partial charge is 0.462 e. The second-order valence-corrected chi connectivity index (χ2v) is 18.8. The number of alkyl halides is 3. The van der Waals surface area contributed by atoms with E-state index < -0.39 is 59.8 Å². The van der Waals surface area contributed by atoms with Crippen LogP contribution in [0.25, 0.3) is 32.6 Å². The van der Waals surface area contributed by atoms with Crippen LogP contribution in [0, 0.1) is 5.41 Å². The molecule has 0 saturated heterocycles. The van der Waals surface area contributed by atoms with Crippen LogP contribution in [-0.2, 0) is 29.0 Å². The lowest BCUT2D eigenvalue weighted by molar-refractivity contribution is -0.140. The highest BCUT2D eigenvalue weighted by atomic mass is 32.1. The first-order valence-electron chi connectivity index (χ1n) is 18.5. The number of phosphoric ester groups is 1. The van der Waals surface area contributed by atoms with Crippen molar-refractivity contribution in [2.45, 2.75) is 99.1 Å². The summed E-state index contributed by atoms with van der Waals surface area (Å²) in [6.07, 6.45) is -1.97. The number of aliphatic hydroxyl groups is 1. The van der Waals surface area contributed by atoms with Gasteiger partial charge in [-0.1, -0.05) is 26.8 Å².